The highest BCUT2D eigenvalue weighted by molar-refractivity contribution is 9.10. The van der Waals surface area contributed by atoms with Gasteiger partial charge in [0.05, 0.1) is 18.2 Å². The summed E-state index contributed by atoms with van der Waals surface area (Å²) in [4.78, 5) is 27.8. The van der Waals surface area contributed by atoms with Gasteiger partial charge in [-0.3, -0.25) is 4.79 Å². The molecule has 0 aliphatic carbocycles. The fraction of sp³-hybridized carbons (Fsp3) is 0.529. The van der Waals surface area contributed by atoms with Gasteiger partial charge in [0.15, 0.2) is 0 Å². The summed E-state index contributed by atoms with van der Waals surface area (Å²) in [5.74, 6) is -1.15. The number of hydrogen-bond donors (Lipinski definition) is 1. The van der Waals surface area contributed by atoms with Gasteiger partial charge in [0.1, 0.15) is 11.4 Å². The molecule has 0 saturated carbocycles. The Labute approximate surface area is 154 Å². The lowest BCUT2D eigenvalue weighted by atomic mass is 10.1. The van der Waals surface area contributed by atoms with E-state index in [1.54, 1.807) is 26.8 Å². The third kappa shape index (κ3) is 4.70. The Bertz CT molecular complexity index is 642. The number of aliphatic hydroxyl groups excluding tert-OH is 1. The van der Waals surface area contributed by atoms with Crippen molar-refractivity contribution in [1.29, 1.82) is 0 Å². The molecule has 1 unspecified atom stereocenters. The molecule has 1 fully saturated rings. The second-order valence-corrected chi connectivity index (χ2v) is 7.71. The maximum atomic E-state index is 14.1. The van der Waals surface area contributed by atoms with Gasteiger partial charge in [-0.25, -0.2) is 9.18 Å². The van der Waals surface area contributed by atoms with Crippen LogP contribution in [-0.2, 0) is 4.74 Å². The van der Waals surface area contributed by atoms with Crippen molar-refractivity contribution in [3.63, 3.8) is 0 Å². The molecule has 138 valence electrons. The Hall–Kier alpha value is -1.67. The van der Waals surface area contributed by atoms with Crippen molar-refractivity contribution in [1.82, 2.24) is 9.80 Å². The highest BCUT2D eigenvalue weighted by Gasteiger charge is 2.35. The third-order valence-electron chi connectivity index (χ3n) is 3.78. The summed E-state index contributed by atoms with van der Waals surface area (Å²) in [6.07, 6.45) is -0.495. The number of rotatable bonds is 2. The number of hydrogen-bond acceptors (Lipinski definition) is 4. The quantitative estimate of drug-likeness (QED) is 0.804. The molecule has 0 aromatic heterocycles. The lowest BCUT2D eigenvalue weighted by molar-refractivity contribution is -0.00257. The lowest BCUT2D eigenvalue weighted by Crippen LogP contribution is -2.58. The van der Waals surface area contributed by atoms with Gasteiger partial charge in [-0.15, -0.1) is 0 Å². The smallest absolute Gasteiger partial charge is 0.410 e. The lowest BCUT2D eigenvalue weighted by Gasteiger charge is -2.41. The van der Waals surface area contributed by atoms with Crippen LogP contribution in [0.5, 0.6) is 0 Å². The number of carbonyl (C=O) groups excluding carboxylic acids is 2. The van der Waals surface area contributed by atoms with Crippen LogP contribution in [0.15, 0.2) is 22.7 Å². The second kappa shape index (κ2) is 7.70. The maximum absolute atomic E-state index is 14.1. The molecular formula is C17H22BrFN2O4. The minimum atomic E-state index is -0.634. The minimum absolute atomic E-state index is 0.0772. The molecule has 1 aliphatic rings. The van der Waals surface area contributed by atoms with Crippen molar-refractivity contribution in [2.45, 2.75) is 32.4 Å². The normalized spacial score (nSPS) is 18.2. The fourth-order valence-corrected chi connectivity index (χ4v) is 3.13. The first kappa shape index (κ1) is 19.7. The molecule has 1 aromatic carbocycles. The number of ether oxygens (including phenoxy) is 1. The maximum Gasteiger partial charge on any atom is 0.410 e. The first-order chi connectivity index (χ1) is 11.6. The van der Waals surface area contributed by atoms with Crippen molar-refractivity contribution in [2.75, 3.05) is 26.2 Å². The van der Waals surface area contributed by atoms with Gasteiger partial charge in [-0.2, -0.15) is 0 Å². The highest BCUT2D eigenvalue weighted by Crippen LogP contribution is 2.24. The molecule has 1 heterocycles. The molecule has 0 spiro atoms. The Kier molecular flexibility index (Phi) is 6.05. The van der Waals surface area contributed by atoms with Crippen LogP contribution in [0.3, 0.4) is 0 Å². The number of nitrogens with zero attached hydrogens (tertiary/aromatic N) is 2. The van der Waals surface area contributed by atoms with Gasteiger partial charge >= 0.3 is 6.09 Å². The first-order valence-electron chi connectivity index (χ1n) is 7.98. The predicted molar refractivity (Wildman–Crippen MR) is 93.8 cm³/mol. The summed E-state index contributed by atoms with van der Waals surface area (Å²) >= 11 is 3.19. The van der Waals surface area contributed by atoms with E-state index in [-0.39, 0.29) is 31.8 Å². The van der Waals surface area contributed by atoms with Gasteiger partial charge < -0.3 is 19.6 Å². The monoisotopic (exact) mass is 416 g/mol. The van der Waals surface area contributed by atoms with E-state index in [0.29, 0.717) is 4.47 Å². The van der Waals surface area contributed by atoms with Crippen LogP contribution >= 0.6 is 15.9 Å². The fourth-order valence-electron chi connectivity index (χ4n) is 2.62. The zero-order chi connectivity index (χ0) is 18.8. The Balaban J connectivity index is 2.15. The van der Waals surface area contributed by atoms with Crippen LogP contribution in [0.2, 0.25) is 0 Å². The van der Waals surface area contributed by atoms with E-state index in [0.717, 1.165) is 0 Å². The van der Waals surface area contributed by atoms with Crippen molar-refractivity contribution in [3.05, 3.63) is 34.1 Å². The van der Waals surface area contributed by atoms with Crippen molar-refractivity contribution in [2.24, 2.45) is 0 Å². The zero-order valence-corrected chi connectivity index (χ0v) is 16.0. The molecule has 1 saturated heterocycles. The van der Waals surface area contributed by atoms with E-state index in [2.05, 4.69) is 15.9 Å². The molecule has 1 aliphatic heterocycles. The summed E-state index contributed by atoms with van der Waals surface area (Å²) < 4.78 is 19.7. The Morgan fingerprint density at radius 2 is 2.04 bits per heavy atom. The summed E-state index contributed by atoms with van der Waals surface area (Å²) in [6.45, 7) is 5.53. The number of carbonyl (C=O) groups is 2. The molecule has 1 atom stereocenters. The average Bonchev–Trinajstić information content (AvgIpc) is 2.52. The molecule has 1 N–H and O–H groups in total. The van der Waals surface area contributed by atoms with E-state index in [1.165, 1.54) is 21.9 Å². The highest BCUT2D eigenvalue weighted by atomic mass is 79.9. The molecule has 0 radical (unpaired) electrons. The number of amides is 2. The van der Waals surface area contributed by atoms with Crippen LogP contribution in [0, 0.1) is 5.82 Å². The third-order valence-corrected chi connectivity index (χ3v) is 4.44. The Morgan fingerprint density at radius 3 is 2.60 bits per heavy atom. The predicted octanol–water partition coefficient (Wildman–Crippen LogP) is 2.64. The summed E-state index contributed by atoms with van der Waals surface area (Å²) in [5.41, 5.74) is -0.705. The topological polar surface area (TPSA) is 70.1 Å². The van der Waals surface area contributed by atoms with Crippen LogP contribution in [0.25, 0.3) is 0 Å². The number of halogens is 2. The molecule has 2 rings (SSSR count). The Morgan fingerprint density at radius 1 is 1.36 bits per heavy atom. The van der Waals surface area contributed by atoms with E-state index in [4.69, 9.17) is 4.74 Å². The van der Waals surface area contributed by atoms with Gasteiger partial charge in [0.25, 0.3) is 5.91 Å². The molecule has 2 amide bonds. The summed E-state index contributed by atoms with van der Waals surface area (Å²) in [5, 5.41) is 9.65. The number of aliphatic hydroxyl groups is 1. The standard InChI is InChI=1S/C17H22BrFN2O4/c1-17(2,3)25-16(24)20-7-8-21(11(9-20)10-22)15(23)14-12(18)5-4-6-13(14)19/h4-6,11,22H,7-10H2,1-3H3. The molecular weight excluding hydrogens is 395 g/mol. The largest absolute Gasteiger partial charge is 0.444 e. The van der Waals surface area contributed by atoms with E-state index < -0.39 is 29.5 Å². The van der Waals surface area contributed by atoms with Gasteiger partial charge in [0.2, 0.25) is 0 Å². The van der Waals surface area contributed by atoms with Crippen molar-refractivity contribution < 1.29 is 23.8 Å². The first-order valence-corrected chi connectivity index (χ1v) is 8.77. The molecule has 8 heteroatoms. The van der Waals surface area contributed by atoms with Gasteiger partial charge in [-0.1, -0.05) is 6.07 Å². The zero-order valence-electron chi connectivity index (χ0n) is 14.5. The molecule has 1 aromatic rings. The average molecular weight is 417 g/mol. The molecule has 6 nitrogen and oxygen atoms in total. The molecule has 25 heavy (non-hydrogen) atoms. The number of benzene rings is 1. The van der Waals surface area contributed by atoms with Crippen LogP contribution in [0.4, 0.5) is 9.18 Å². The van der Waals surface area contributed by atoms with E-state index >= 15 is 0 Å². The second-order valence-electron chi connectivity index (χ2n) is 6.86. The minimum Gasteiger partial charge on any atom is -0.444 e. The van der Waals surface area contributed by atoms with Crippen LogP contribution in [0.1, 0.15) is 31.1 Å². The van der Waals surface area contributed by atoms with Gasteiger partial charge in [-0.05, 0) is 48.8 Å². The van der Waals surface area contributed by atoms with Crippen molar-refractivity contribution >= 4 is 27.9 Å². The van der Waals surface area contributed by atoms with E-state index in [1.807, 2.05) is 0 Å². The van der Waals surface area contributed by atoms with Crippen LogP contribution in [-0.4, -0.2) is 64.8 Å². The SMILES string of the molecule is CC(C)(C)OC(=O)N1CCN(C(=O)c2c(F)cccc2Br)C(CO)C1. The molecule has 0 bridgehead atoms. The van der Waals surface area contributed by atoms with Gasteiger partial charge in [0, 0.05) is 24.1 Å². The number of piperazine rings is 1. The summed E-state index contributed by atoms with van der Waals surface area (Å²) in [6, 6.07) is 3.67. The summed E-state index contributed by atoms with van der Waals surface area (Å²) in [7, 11) is 0. The van der Waals surface area contributed by atoms with Crippen molar-refractivity contribution in [3.8, 4) is 0 Å². The van der Waals surface area contributed by atoms with Crippen LogP contribution < -0.4 is 0 Å². The van der Waals surface area contributed by atoms with E-state index in [9.17, 15) is 19.1 Å².